The smallest absolute Gasteiger partial charge is 0.296 e. The molecule has 1 aliphatic rings. The van der Waals surface area contributed by atoms with Gasteiger partial charge < -0.3 is 9.62 Å². The molecule has 2 aromatic carbocycles. The van der Waals surface area contributed by atoms with Crippen molar-refractivity contribution in [2.24, 2.45) is 0 Å². The summed E-state index contributed by atoms with van der Waals surface area (Å²) in [4.78, 5) is 30.5. The van der Waals surface area contributed by atoms with E-state index in [2.05, 4.69) is 4.98 Å². The number of aromatic nitrogens is 2. The second-order valence-electron chi connectivity index (χ2n) is 6.75. The van der Waals surface area contributed by atoms with Crippen molar-refractivity contribution in [3.8, 4) is 11.1 Å². The van der Waals surface area contributed by atoms with Crippen LogP contribution in [-0.2, 0) is 6.42 Å². The molecule has 0 radical (unpaired) electrons. The van der Waals surface area contributed by atoms with E-state index in [-0.39, 0.29) is 28.6 Å². The van der Waals surface area contributed by atoms with Gasteiger partial charge in [0, 0.05) is 18.1 Å². The lowest BCUT2D eigenvalue weighted by Gasteiger charge is -2.15. The number of nitrogens with zero attached hydrogens (tertiary/aromatic N) is 2. The maximum atomic E-state index is 13.2. The number of rotatable bonds is 3. The number of pyridine rings is 1. The van der Waals surface area contributed by atoms with Crippen LogP contribution in [0.4, 0.5) is 0 Å². The second-order valence-corrected chi connectivity index (χ2v) is 6.75. The predicted molar refractivity (Wildman–Crippen MR) is 103 cm³/mol. The van der Waals surface area contributed by atoms with Crippen molar-refractivity contribution in [3.05, 3.63) is 112 Å². The van der Waals surface area contributed by atoms with Crippen LogP contribution in [-0.4, -0.2) is 16.6 Å². The minimum absolute atomic E-state index is 0.0446. The molecule has 6 nitrogen and oxygen atoms in total. The van der Waals surface area contributed by atoms with Crippen molar-refractivity contribution in [3.63, 3.8) is 0 Å². The van der Waals surface area contributed by atoms with E-state index < -0.39 is 11.6 Å². The molecule has 4 aromatic rings. The molecule has 0 bridgehead atoms. The van der Waals surface area contributed by atoms with Gasteiger partial charge in [-0.05, 0) is 11.1 Å². The first-order valence-corrected chi connectivity index (χ1v) is 9.08. The van der Waals surface area contributed by atoms with Crippen molar-refractivity contribution in [2.45, 2.75) is 6.42 Å². The van der Waals surface area contributed by atoms with Crippen molar-refractivity contribution in [2.75, 3.05) is 0 Å². The largest absolute Gasteiger partial charge is 0.618 e. The highest BCUT2D eigenvalue weighted by Gasteiger charge is 2.42. The van der Waals surface area contributed by atoms with Crippen LogP contribution in [0.5, 0.6) is 0 Å². The summed E-state index contributed by atoms with van der Waals surface area (Å²) in [6.45, 7) is 0. The Bertz CT molecular complexity index is 1260. The summed E-state index contributed by atoms with van der Waals surface area (Å²) >= 11 is 0. The van der Waals surface area contributed by atoms with Crippen molar-refractivity contribution < 1.29 is 18.7 Å². The van der Waals surface area contributed by atoms with E-state index in [1.807, 2.05) is 60.7 Å². The van der Waals surface area contributed by atoms with Crippen LogP contribution in [0.2, 0.25) is 0 Å². The van der Waals surface area contributed by atoms with Gasteiger partial charge in [0.1, 0.15) is 5.56 Å². The van der Waals surface area contributed by atoms with Gasteiger partial charge in [-0.15, -0.1) is 0 Å². The SMILES string of the molecule is O=C1c2nc(Cc3ccccc3)oc2C(=O)c2c1c(-c1ccccc1)cc[n+]2[O-]. The molecule has 0 saturated heterocycles. The van der Waals surface area contributed by atoms with E-state index in [1.54, 1.807) is 6.07 Å². The molecule has 6 heteroatoms. The first-order valence-electron chi connectivity index (χ1n) is 9.08. The maximum Gasteiger partial charge on any atom is 0.296 e. The first kappa shape index (κ1) is 17.1. The highest BCUT2D eigenvalue weighted by atomic mass is 16.5. The van der Waals surface area contributed by atoms with Gasteiger partial charge in [-0.2, -0.15) is 4.73 Å². The van der Waals surface area contributed by atoms with Crippen molar-refractivity contribution >= 4 is 11.6 Å². The van der Waals surface area contributed by atoms with Gasteiger partial charge in [0.05, 0.1) is 0 Å². The minimum atomic E-state index is -0.630. The van der Waals surface area contributed by atoms with Gasteiger partial charge in [0.2, 0.25) is 11.5 Å². The Hall–Kier alpha value is -4.06. The highest BCUT2D eigenvalue weighted by Crippen LogP contribution is 2.33. The van der Waals surface area contributed by atoms with E-state index in [4.69, 9.17) is 4.42 Å². The second kappa shape index (κ2) is 6.53. The molecule has 140 valence electrons. The van der Waals surface area contributed by atoms with E-state index in [9.17, 15) is 14.8 Å². The highest BCUT2D eigenvalue weighted by molar-refractivity contribution is 6.27. The van der Waals surface area contributed by atoms with Crippen LogP contribution in [0.1, 0.15) is 43.8 Å². The van der Waals surface area contributed by atoms with Crippen LogP contribution in [0.3, 0.4) is 0 Å². The fourth-order valence-electron chi connectivity index (χ4n) is 3.58. The molecule has 0 spiro atoms. The molecule has 29 heavy (non-hydrogen) atoms. The Morgan fingerprint density at radius 3 is 2.31 bits per heavy atom. The molecule has 5 rings (SSSR count). The average molecular weight is 382 g/mol. The van der Waals surface area contributed by atoms with Gasteiger partial charge in [0.25, 0.3) is 11.5 Å². The fraction of sp³-hybridized carbons (Fsp3) is 0.0435. The van der Waals surface area contributed by atoms with E-state index >= 15 is 0 Å². The fourth-order valence-corrected chi connectivity index (χ4v) is 3.58. The van der Waals surface area contributed by atoms with Crippen LogP contribution in [0, 0.1) is 5.21 Å². The van der Waals surface area contributed by atoms with Crippen LogP contribution in [0.25, 0.3) is 11.1 Å². The number of hydrogen-bond acceptors (Lipinski definition) is 5. The molecule has 2 heterocycles. The molecule has 1 aliphatic carbocycles. The van der Waals surface area contributed by atoms with Gasteiger partial charge in [-0.3, -0.25) is 9.59 Å². The van der Waals surface area contributed by atoms with Crippen molar-refractivity contribution in [1.29, 1.82) is 0 Å². The molecular formula is C23H14N2O4. The zero-order chi connectivity index (χ0) is 20.0. The quantitative estimate of drug-likeness (QED) is 0.353. The predicted octanol–water partition coefficient (Wildman–Crippen LogP) is 3.34. The summed E-state index contributed by atoms with van der Waals surface area (Å²) in [6.07, 6.45) is 1.58. The van der Waals surface area contributed by atoms with Gasteiger partial charge in [-0.1, -0.05) is 60.7 Å². The van der Waals surface area contributed by atoms with Gasteiger partial charge in [0.15, 0.2) is 17.8 Å². The maximum absolute atomic E-state index is 13.2. The monoisotopic (exact) mass is 382 g/mol. The Morgan fingerprint density at radius 1 is 0.897 bits per heavy atom. The van der Waals surface area contributed by atoms with Gasteiger partial charge >= 0.3 is 0 Å². The molecule has 2 aromatic heterocycles. The lowest BCUT2D eigenvalue weighted by atomic mass is 9.88. The third-order valence-corrected chi connectivity index (χ3v) is 4.92. The topological polar surface area (TPSA) is 87.1 Å². The number of benzene rings is 2. The summed E-state index contributed by atoms with van der Waals surface area (Å²) in [6, 6.07) is 20.2. The third-order valence-electron chi connectivity index (χ3n) is 4.92. The zero-order valence-electron chi connectivity index (χ0n) is 15.2. The first-order chi connectivity index (χ1) is 14.1. The molecule has 0 saturated carbocycles. The molecule has 0 amide bonds. The standard InChI is InChI=1S/C23H14N2O4/c26-21-18-16(15-9-5-2-6-10-15)11-12-25(28)20(18)22(27)23-19(21)24-17(29-23)13-14-7-3-1-4-8-14/h1-12H,13H2. The Balaban J connectivity index is 1.65. The summed E-state index contributed by atoms with van der Waals surface area (Å²) in [5.74, 6) is -1.03. The molecule has 0 unspecified atom stereocenters. The Kier molecular flexibility index (Phi) is 3.84. The number of fused-ring (bicyclic) bond motifs is 2. The van der Waals surface area contributed by atoms with Crippen LogP contribution < -0.4 is 4.73 Å². The molecule has 0 aliphatic heterocycles. The number of carbonyl (C=O) groups is 2. The van der Waals surface area contributed by atoms with E-state index in [0.29, 0.717) is 16.7 Å². The van der Waals surface area contributed by atoms with E-state index in [0.717, 1.165) is 11.1 Å². The summed E-state index contributed by atoms with van der Waals surface area (Å²) in [7, 11) is 0. The minimum Gasteiger partial charge on any atom is -0.618 e. The molecule has 0 atom stereocenters. The van der Waals surface area contributed by atoms with Crippen LogP contribution >= 0.6 is 0 Å². The zero-order valence-corrected chi connectivity index (χ0v) is 15.2. The Labute approximate surface area is 165 Å². The lowest BCUT2D eigenvalue weighted by molar-refractivity contribution is -0.607. The molecular weight excluding hydrogens is 368 g/mol. The summed E-state index contributed by atoms with van der Waals surface area (Å²) < 4.78 is 6.04. The van der Waals surface area contributed by atoms with E-state index in [1.165, 1.54) is 6.20 Å². The molecule has 0 fully saturated rings. The Morgan fingerprint density at radius 2 is 1.59 bits per heavy atom. The summed E-state index contributed by atoms with van der Waals surface area (Å²) in [5, 5.41) is 12.4. The molecule has 0 N–H and O–H groups in total. The average Bonchev–Trinajstić information content (AvgIpc) is 3.17. The number of hydrogen-bond donors (Lipinski definition) is 0. The van der Waals surface area contributed by atoms with Crippen LogP contribution in [0.15, 0.2) is 77.3 Å². The van der Waals surface area contributed by atoms with Gasteiger partial charge in [-0.25, -0.2) is 4.98 Å². The number of carbonyl (C=O) groups excluding carboxylic acids is 2. The van der Waals surface area contributed by atoms with Crippen molar-refractivity contribution in [1.82, 2.24) is 4.98 Å². The third kappa shape index (κ3) is 2.73. The number of ketones is 2. The number of oxazole rings is 1. The lowest BCUT2D eigenvalue weighted by Crippen LogP contribution is -2.40. The normalized spacial score (nSPS) is 12.6. The summed E-state index contributed by atoms with van der Waals surface area (Å²) in [5.41, 5.74) is 1.98.